The number of thioether (sulfide) groups is 1. The first-order valence-electron chi connectivity index (χ1n) is 6.96. The molecular weight excluding hydrogens is 286 g/mol. The van der Waals surface area contributed by atoms with Crippen molar-refractivity contribution in [2.45, 2.75) is 25.9 Å². The monoisotopic (exact) mass is 307 g/mol. The number of aromatic carboxylic acids is 1. The lowest BCUT2D eigenvalue weighted by Gasteiger charge is -2.24. The van der Waals surface area contributed by atoms with Gasteiger partial charge in [0.25, 0.3) is 0 Å². The summed E-state index contributed by atoms with van der Waals surface area (Å²) in [6.07, 6.45) is 3.29. The molecule has 1 heterocycles. The molecule has 0 bridgehead atoms. The van der Waals surface area contributed by atoms with E-state index in [1.54, 1.807) is 6.07 Å². The fourth-order valence-corrected chi connectivity index (χ4v) is 2.83. The van der Waals surface area contributed by atoms with Crippen LogP contribution in [0.15, 0.2) is 28.7 Å². The van der Waals surface area contributed by atoms with E-state index in [0.29, 0.717) is 11.6 Å². The van der Waals surface area contributed by atoms with Crippen LogP contribution < -0.4 is 0 Å². The Morgan fingerprint density at radius 1 is 1.43 bits per heavy atom. The second-order valence-electron chi connectivity index (χ2n) is 5.33. The molecule has 21 heavy (non-hydrogen) atoms. The highest BCUT2D eigenvalue weighted by Gasteiger charge is 2.13. The minimum absolute atomic E-state index is 0.0103. The molecule has 1 atom stereocenters. The molecule has 2 rings (SSSR count). The van der Waals surface area contributed by atoms with Crippen LogP contribution in [0.4, 0.5) is 0 Å². The molecule has 0 amide bonds. The van der Waals surface area contributed by atoms with Crippen LogP contribution in [0, 0.1) is 0 Å². The summed E-state index contributed by atoms with van der Waals surface area (Å²) in [5.74, 6) is 0.119. The lowest BCUT2D eigenvalue weighted by atomic mass is 10.1. The van der Waals surface area contributed by atoms with Crippen LogP contribution in [0.2, 0.25) is 0 Å². The first kappa shape index (κ1) is 15.9. The van der Waals surface area contributed by atoms with Crippen molar-refractivity contribution in [3.63, 3.8) is 0 Å². The van der Waals surface area contributed by atoms with E-state index in [1.807, 2.05) is 30.0 Å². The van der Waals surface area contributed by atoms with Crippen LogP contribution >= 0.6 is 11.8 Å². The molecule has 1 N–H and O–H groups in total. The largest absolute Gasteiger partial charge is 0.475 e. The van der Waals surface area contributed by atoms with E-state index in [1.165, 1.54) is 5.56 Å². The van der Waals surface area contributed by atoms with Crippen LogP contribution in [0.25, 0.3) is 11.0 Å². The summed E-state index contributed by atoms with van der Waals surface area (Å²) in [6.45, 7) is 3.08. The molecule has 1 unspecified atom stereocenters. The van der Waals surface area contributed by atoms with Crippen molar-refractivity contribution in [3.8, 4) is 0 Å². The first-order chi connectivity index (χ1) is 10.0. The molecule has 0 aliphatic rings. The third-order valence-corrected chi connectivity index (χ3v) is 4.36. The number of rotatable bonds is 7. The smallest absolute Gasteiger partial charge is 0.371 e. The fourth-order valence-electron chi connectivity index (χ4n) is 2.25. The molecule has 0 spiro atoms. The molecule has 0 aliphatic heterocycles. The molecular formula is C16H21NO3S. The van der Waals surface area contributed by atoms with E-state index in [9.17, 15) is 4.79 Å². The number of nitrogens with zero attached hydrogens (tertiary/aromatic N) is 1. The molecule has 0 radical (unpaired) electrons. The zero-order valence-corrected chi connectivity index (χ0v) is 13.4. The third kappa shape index (κ3) is 4.02. The van der Waals surface area contributed by atoms with Gasteiger partial charge in [0, 0.05) is 18.0 Å². The van der Waals surface area contributed by atoms with Crippen molar-refractivity contribution in [2.75, 3.05) is 19.1 Å². The highest BCUT2D eigenvalue weighted by atomic mass is 32.2. The Kier molecular flexibility index (Phi) is 5.31. The number of benzene rings is 1. The minimum Gasteiger partial charge on any atom is -0.475 e. The van der Waals surface area contributed by atoms with Gasteiger partial charge < -0.3 is 9.52 Å². The zero-order valence-electron chi connectivity index (χ0n) is 12.6. The van der Waals surface area contributed by atoms with Crippen molar-refractivity contribution in [1.82, 2.24) is 4.90 Å². The quantitative estimate of drug-likeness (QED) is 0.845. The number of hydrogen-bond acceptors (Lipinski definition) is 4. The summed E-state index contributed by atoms with van der Waals surface area (Å²) in [5.41, 5.74) is 1.79. The van der Waals surface area contributed by atoms with Gasteiger partial charge in [0.1, 0.15) is 5.58 Å². The van der Waals surface area contributed by atoms with Gasteiger partial charge in [-0.25, -0.2) is 4.79 Å². The van der Waals surface area contributed by atoms with Crippen molar-refractivity contribution in [2.24, 2.45) is 0 Å². The average molecular weight is 307 g/mol. The van der Waals surface area contributed by atoms with E-state index in [4.69, 9.17) is 9.52 Å². The van der Waals surface area contributed by atoms with Gasteiger partial charge in [-0.15, -0.1) is 0 Å². The summed E-state index contributed by atoms with van der Waals surface area (Å²) in [4.78, 5) is 13.2. The number of carbonyl (C=O) groups is 1. The van der Waals surface area contributed by atoms with E-state index >= 15 is 0 Å². The number of fused-ring (bicyclic) bond motifs is 1. The Morgan fingerprint density at radius 3 is 2.86 bits per heavy atom. The highest BCUT2D eigenvalue weighted by molar-refractivity contribution is 7.98. The van der Waals surface area contributed by atoms with Crippen LogP contribution in [0.1, 0.15) is 29.5 Å². The van der Waals surface area contributed by atoms with Gasteiger partial charge in [-0.05, 0) is 56.2 Å². The van der Waals surface area contributed by atoms with Gasteiger partial charge in [0.2, 0.25) is 5.76 Å². The Labute approximate surface area is 129 Å². The lowest BCUT2D eigenvalue weighted by molar-refractivity contribution is 0.0665. The van der Waals surface area contributed by atoms with E-state index in [2.05, 4.69) is 25.1 Å². The molecule has 2 aromatic rings. The standard InChI is InChI=1S/C16H21NO3S/c1-11(6-7-21-3)17(2)10-12-4-5-14-13(8-12)9-15(20-14)16(18)19/h4-5,8-9,11H,6-7,10H2,1-3H3,(H,18,19). The molecule has 0 saturated heterocycles. The lowest BCUT2D eigenvalue weighted by Crippen LogP contribution is -2.29. The Bertz CT molecular complexity index is 623. The Balaban J connectivity index is 2.10. The summed E-state index contributed by atoms with van der Waals surface area (Å²) in [5, 5.41) is 9.79. The topological polar surface area (TPSA) is 53.7 Å². The summed E-state index contributed by atoms with van der Waals surface area (Å²) in [7, 11) is 2.12. The molecule has 0 aliphatic carbocycles. The van der Waals surface area contributed by atoms with Gasteiger partial charge in [0.15, 0.2) is 0 Å². The van der Waals surface area contributed by atoms with E-state index in [0.717, 1.165) is 24.1 Å². The average Bonchev–Trinajstić information content (AvgIpc) is 2.88. The predicted octanol–water partition coefficient (Wildman–Crippen LogP) is 3.70. The number of hydrogen-bond donors (Lipinski definition) is 1. The van der Waals surface area contributed by atoms with Gasteiger partial charge in [-0.3, -0.25) is 4.90 Å². The van der Waals surface area contributed by atoms with Crippen molar-refractivity contribution >= 4 is 28.7 Å². The van der Waals surface area contributed by atoms with Crippen LogP contribution in [-0.4, -0.2) is 41.1 Å². The number of carboxylic acid groups (broad SMARTS) is 1. The molecule has 5 heteroatoms. The zero-order chi connectivity index (χ0) is 15.4. The normalized spacial score (nSPS) is 13.0. The van der Waals surface area contributed by atoms with Gasteiger partial charge in [0.05, 0.1) is 0 Å². The molecule has 0 fully saturated rings. The maximum absolute atomic E-state index is 10.9. The van der Waals surface area contributed by atoms with Crippen molar-refractivity contribution < 1.29 is 14.3 Å². The van der Waals surface area contributed by atoms with Crippen LogP contribution in [0.3, 0.4) is 0 Å². The number of furan rings is 1. The summed E-state index contributed by atoms with van der Waals surface area (Å²) < 4.78 is 5.27. The van der Waals surface area contributed by atoms with Gasteiger partial charge >= 0.3 is 5.97 Å². The molecule has 114 valence electrons. The number of carboxylic acids is 1. The molecule has 1 aromatic heterocycles. The summed E-state index contributed by atoms with van der Waals surface area (Å²) >= 11 is 1.87. The highest BCUT2D eigenvalue weighted by Crippen LogP contribution is 2.22. The second kappa shape index (κ2) is 7.00. The molecule has 1 aromatic carbocycles. The minimum atomic E-state index is -1.03. The Hall–Kier alpha value is -1.46. The van der Waals surface area contributed by atoms with Crippen LogP contribution in [0.5, 0.6) is 0 Å². The summed E-state index contributed by atoms with van der Waals surface area (Å²) in [6, 6.07) is 7.95. The fraction of sp³-hybridized carbons (Fsp3) is 0.438. The molecule has 4 nitrogen and oxygen atoms in total. The third-order valence-electron chi connectivity index (χ3n) is 3.72. The molecule has 0 saturated carbocycles. The van der Waals surface area contributed by atoms with Crippen molar-refractivity contribution in [1.29, 1.82) is 0 Å². The van der Waals surface area contributed by atoms with Crippen LogP contribution in [-0.2, 0) is 6.54 Å². The first-order valence-corrected chi connectivity index (χ1v) is 8.35. The van der Waals surface area contributed by atoms with E-state index in [-0.39, 0.29) is 5.76 Å². The van der Waals surface area contributed by atoms with Gasteiger partial charge in [-0.2, -0.15) is 11.8 Å². The SMILES string of the molecule is CSCCC(C)N(C)Cc1ccc2oc(C(=O)O)cc2c1. The van der Waals surface area contributed by atoms with Gasteiger partial charge in [-0.1, -0.05) is 6.07 Å². The Morgan fingerprint density at radius 2 is 2.19 bits per heavy atom. The maximum Gasteiger partial charge on any atom is 0.371 e. The van der Waals surface area contributed by atoms with Crippen molar-refractivity contribution in [3.05, 3.63) is 35.6 Å². The predicted molar refractivity (Wildman–Crippen MR) is 87.1 cm³/mol. The second-order valence-corrected chi connectivity index (χ2v) is 6.32. The van der Waals surface area contributed by atoms with E-state index < -0.39 is 5.97 Å². The maximum atomic E-state index is 10.9.